The number of ether oxygens (including phenoxy) is 2. The van der Waals surface area contributed by atoms with Crippen molar-refractivity contribution in [2.45, 2.75) is 26.2 Å². The molecule has 0 unspecified atom stereocenters. The van der Waals surface area contributed by atoms with Crippen molar-refractivity contribution in [1.82, 2.24) is 14.6 Å². The summed E-state index contributed by atoms with van der Waals surface area (Å²) in [4.78, 5) is 29.9. The third-order valence-corrected chi connectivity index (χ3v) is 5.90. The first kappa shape index (κ1) is 21.7. The monoisotopic (exact) mass is 449 g/mol. The van der Waals surface area contributed by atoms with Gasteiger partial charge in [0.2, 0.25) is 4.96 Å². The van der Waals surface area contributed by atoms with E-state index in [9.17, 15) is 9.59 Å². The van der Waals surface area contributed by atoms with E-state index in [2.05, 4.69) is 17.0 Å². The summed E-state index contributed by atoms with van der Waals surface area (Å²) in [6.45, 7) is 2.72. The summed E-state index contributed by atoms with van der Waals surface area (Å²) in [7, 11) is 1.59. The number of unbranched alkanes of at least 4 members (excludes halogenated alkanes) is 1. The maximum Gasteiger partial charge on any atom is 0.296 e. The SMILES string of the molecule is CCCCOc1ccccc1C=c1sc2nc(=O)c(Cc3ccc(OC)cc3)nn2c1=O. The molecule has 0 atom stereocenters. The van der Waals surface area contributed by atoms with Crippen molar-refractivity contribution in [3.8, 4) is 11.5 Å². The molecule has 8 heteroatoms. The fourth-order valence-electron chi connectivity index (χ4n) is 3.19. The van der Waals surface area contributed by atoms with Gasteiger partial charge in [-0.25, -0.2) is 0 Å². The number of para-hydroxylation sites is 1. The Labute approximate surface area is 188 Å². The lowest BCUT2D eigenvalue weighted by molar-refractivity contribution is 0.309. The van der Waals surface area contributed by atoms with Gasteiger partial charge in [-0.05, 0) is 36.3 Å². The first-order chi connectivity index (χ1) is 15.6. The molecule has 0 aliphatic rings. The summed E-state index contributed by atoms with van der Waals surface area (Å²) in [5.74, 6) is 1.44. The molecule has 0 aliphatic carbocycles. The van der Waals surface area contributed by atoms with E-state index < -0.39 is 5.56 Å². The van der Waals surface area contributed by atoms with Crippen LogP contribution in [0.2, 0.25) is 0 Å². The molecule has 2 aromatic carbocycles. The molecule has 2 heterocycles. The van der Waals surface area contributed by atoms with Crippen LogP contribution in [0.5, 0.6) is 11.5 Å². The van der Waals surface area contributed by atoms with E-state index in [4.69, 9.17) is 9.47 Å². The van der Waals surface area contributed by atoms with Crippen LogP contribution in [-0.4, -0.2) is 28.3 Å². The lowest BCUT2D eigenvalue weighted by Crippen LogP contribution is -2.28. The number of rotatable bonds is 8. The largest absolute Gasteiger partial charge is 0.497 e. The fourth-order valence-corrected chi connectivity index (χ4v) is 4.08. The Kier molecular flexibility index (Phi) is 6.61. The molecule has 4 aromatic rings. The average Bonchev–Trinajstić information content (AvgIpc) is 3.10. The molecule has 0 radical (unpaired) electrons. The molecule has 0 N–H and O–H groups in total. The lowest BCUT2D eigenvalue weighted by atomic mass is 10.1. The third kappa shape index (κ3) is 4.70. The molecule has 7 nitrogen and oxygen atoms in total. The van der Waals surface area contributed by atoms with Crippen LogP contribution < -0.4 is 25.1 Å². The van der Waals surface area contributed by atoms with Crippen molar-refractivity contribution < 1.29 is 9.47 Å². The van der Waals surface area contributed by atoms with E-state index in [1.54, 1.807) is 13.2 Å². The average molecular weight is 450 g/mol. The molecule has 4 rings (SSSR count). The minimum Gasteiger partial charge on any atom is -0.497 e. The van der Waals surface area contributed by atoms with E-state index >= 15 is 0 Å². The van der Waals surface area contributed by atoms with Crippen LogP contribution in [0.3, 0.4) is 0 Å². The van der Waals surface area contributed by atoms with Crippen molar-refractivity contribution in [3.63, 3.8) is 0 Å². The number of thiazole rings is 1. The van der Waals surface area contributed by atoms with Crippen LogP contribution in [-0.2, 0) is 6.42 Å². The first-order valence-corrected chi connectivity index (χ1v) is 11.2. The highest BCUT2D eigenvalue weighted by Gasteiger charge is 2.12. The standard InChI is InChI=1S/C24H23N3O4S/c1-3-4-13-31-20-8-6-5-7-17(20)15-21-23(29)27-24(32-21)25-22(28)19(26-27)14-16-9-11-18(30-2)12-10-16/h5-12,15H,3-4,13-14H2,1-2H3. The molecular weight excluding hydrogens is 426 g/mol. The van der Waals surface area contributed by atoms with Crippen molar-refractivity contribution in [2.75, 3.05) is 13.7 Å². The van der Waals surface area contributed by atoms with Crippen LogP contribution in [0.1, 0.15) is 36.6 Å². The summed E-state index contributed by atoms with van der Waals surface area (Å²) in [6.07, 6.45) is 4.04. The Morgan fingerprint density at radius 3 is 2.62 bits per heavy atom. The van der Waals surface area contributed by atoms with Crippen molar-refractivity contribution in [3.05, 3.63) is 90.6 Å². The van der Waals surface area contributed by atoms with E-state index in [0.717, 1.165) is 41.1 Å². The predicted molar refractivity (Wildman–Crippen MR) is 125 cm³/mol. The second-order valence-corrected chi connectivity index (χ2v) is 8.25. The number of benzene rings is 2. The van der Waals surface area contributed by atoms with Gasteiger partial charge in [-0.3, -0.25) is 9.59 Å². The highest BCUT2D eigenvalue weighted by Crippen LogP contribution is 2.19. The number of aromatic nitrogens is 3. The molecule has 32 heavy (non-hydrogen) atoms. The van der Waals surface area contributed by atoms with E-state index in [1.165, 1.54) is 4.52 Å². The summed E-state index contributed by atoms with van der Waals surface area (Å²) in [5, 5.41) is 4.31. The van der Waals surface area contributed by atoms with Gasteiger partial charge >= 0.3 is 0 Å². The molecule has 0 aliphatic heterocycles. The van der Waals surface area contributed by atoms with Gasteiger partial charge in [-0.2, -0.15) is 14.6 Å². The van der Waals surface area contributed by atoms with Crippen LogP contribution in [0.15, 0.2) is 58.1 Å². The normalized spacial score (nSPS) is 11.8. The molecule has 0 bridgehead atoms. The Morgan fingerprint density at radius 1 is 1.09 bits per heavy atom. The molecule has 164 valence electrons. The van der Waals surface area contributed by atoms with Crippen LogP contribution in [0.4, 0.5) is 0 Å². The Balaban J connectivity index is 1.70. The van der Waals surface area contributed by atoms with Crippen molar-refractivity contribution in [2.24, 2.45) is 0 Å². The molecular formula is C24H23N3O4S. The number of methoxy groups -OCH3 is 1. The second kappa shape index (κ2) is 9.74. The van der Waals surface area contributed by atoms with Crippen LogP contribution in [0, 0.1) is 0 Å². The zero-order valence-corrected chi connectivity index (χ0v) is 18.7. The van der Waals surface area contributed by atoms with Crippen LogP contribution in [0.25, 0.3) is 11.0 Å². The first-order valence-electron chi connectivity index (χ1n) is 10.4. The van der Waals surface area contributed by atoms with E-state index in [1.807, 2.05) is 48.5 Å². The van der Waals surface area contributed by atoms with Gasteiger partial charge in [0.15, 0.2) is 0 Å². The maximum atomic E-state index is 13.0. The Hall–Kier alpha value is -3.52. The number of hydrogen-bond acceptors (Lipinski definition) is 7. The number of hydrogen-bond donors (Lipinski definition) is 0. The molecule has 0 saturated carbocycles. The third-order valence-electron chi connectivity index (χ3n) is 4.94. The smallest absolute Gasteiger partial charge is 0.296 e. The fraction of sp³-hybridized carbons (Fsp3) is 0.250. The van der Waals surface area contributed by atoms with Gasteiger partial charge in [0.1, 0.15) is 17.2 Å². The van der Waals surface area contributed by atoms with Gasteiger partial charge in [0, 0.05) is 12.0 Å². The highest BCUT2D eigenvalue weighted by molar-refractivity contribution is 7.15. The summed E-state index contributed by atoms with van der Waals surface area (Å²) >= 11 is 1.14. The van der Waals surface area contributed by atoms with Gasteiger partial charge in [-0.15, -0.1) is 0 Å². The van der Waals surface area contributed by atoms with Gasteiger partial charge < -0.3 is 9.47 Å². The van der Waals surface area contributed by atoms with Gasteiger partial charge in [0.05, 0.1) is 18.2 Å². The molecule has 0 saturated heterocycles. The highest BCUT2D eigenvalue weighted by atomic mass is 32.1. The summed E-state index contributed by atoms with van der Waals surface area (Å²) < 4.78 is 12.7. The molecule has 2 aromatic heterocycles. The van der Waals surface area contributed by atoms with Gasteiger partial charge in [0.25, 0.3) is 11.1 Å². The molecule has 0 fully saturated rings. The summed E-state index contributed by atoms with van der Waals surface area (Å²) in [5.41, 5.74) is 1.16. The second-order valence-electron chi connectivity index (χ2n) is 7.24. The topological polar surface area (TPSA) is 82.8 Å². The Morgan fingerprint density at radius 2 is 1.88 bits per heavy atom. The minimum atomic E-state index is -0.433. The molecule has 0 amide bonds. The van der Waals surface area contributed by atoms with Crippen molar-refractivity contribution in [1.29, 1.82) is 0 Å². The number of fused-ring (bicyclic) bond motifs is 1. The maximum absolute atomic E-state index is 13.0. The lowest BCUT2D eigenvalue weighted by Gasteiger charge is -2.07. The van der Waals surface area contributed by atoms with E-state index in [-0.39, 0.29) is 22.6 Å². The van der Waals surface area contributed by atoms with Crippen molar-refractivity contribution >= 4 is 22.4 Å². The quantitative estimate of drug-likeness (QED) is 0.385. The Bertz CT molecular complexity index is 1390. The summed E-state index contributed by atoms with van der Waals surface area (Å²) in [6, 6.07) is 14.9. The zero-order chi connectivity index (χ0) is 22.5. The number of nitrogens with zero attached hydrogens (tertiary/aromatic N) is 3. The molecule has 0 spiro atoms. The predicted octanol–water partition coefficient (Wildman–Crippen LogP) is 2.84. The van der Waals surface area contributed by atoms with Gasteiger partial charge in [-0.1, -0.05) is 55.0 Å². The van der Waals surface area contributed by atoms with Crippen LogP contribution >= 0.6 is 11.3 Å². The van der Waals surface area contributed by atoms with E-state index in [0.29, 0.717) is 16.9 Å². The zero-order valence-electron chi connectivity index (χ0n) is 17.9. The minimum absolute atomic E-state index is 0.220.